The highest BCUT2D eigenvalue weighted by atomic mass is 16.9. The summed E-state index contributed by atoms with van der Waals surface area (Å²) in [5.74, 6) is 0.645. The van der Waals surface area contributed by atoms with E-state index >= 15 is 0 Å². The van der Waals surface area contributed by atoms with Crippen LogP contribution in [0.3, 0.4) is 0 Å². The number of rotatable bonds is 4. The van der Waals surface area contributed by atoms with E-state index in [4.69, 9.17) is 9.47 Å². The first-order chi connectivity index (χ1) is 12.1. The van der Waals surface area contributed by atoms with Crippen LogP contribution in [0.2, 0.25) is 0 Å². The third-order valence-electron chi connectivity index (χ3n) is 3.99. The van der Waals surface area contributed by atoms with E-state index in [1.807, 2.05) is 60.7 Å². The summed E-state index contributed by atoms with van der Waals surface area (Å²) < 4.78 is 10.7. The van der Waals surface area contributed by atoms with Gasteiger partial charge in [0.1, 0.15) is 11.5 Å². The quantitative estimate of drug-likeness (QED) is 0.554. The Morgan fingerprint density at radius 2 is 0.920 bits per heavy atom. The second kappa shape index (κ2) is 6.09. The molecule has 0 aliphatic rings. The van der Waals surface area contributed by atoms with Gasteiger partial charge in [-0.2, -0.15) is 0 Å². The van der Waals surface area contributed by atoms with Crippen LogP contribution < -0.4 is 9.47 Å². The second-order valence-electron chi connectivity index (χ2n) is 5.71. The molecule has 0 spiro atoms. The van der Waals surface area contributed by atoms with E-state index < -0.39 is 6.16 Å². The molecule has 0 fully saturated rings. The Labute approximate surface area is 144 Å². The predicted octanol–water partition coefficient (Wildman–Crippen LogP) is 4.05. The highest BCUT2D eigenvalue weighted by molar-refractivity contribution is 5.89. The minimum atomic E-state index is -2.80. The Hall–Kier alpha value is -3.08. The molecule has 0 aliphatic carbocycles. The maximum atomic E-state index is 10.3. The molecule has 0 radical (unpaired) electrons. The van der Waals surface area contributed by atoms with Crippen molar-refractivity contribution in [2.24, 2.45) is 0 Å². The number of ether oxygens (including phenoxy) is 2. The lowest BCUT2D eigenvalue weighted by Gasteiger charge is -2.24. The molecule has 25 heavy (non-hydrogen) atoms. The second-order valence-corrected chi connectivity index (χ2v) is 5.71. The van der Waals surface area contributed by atoms with Gasteiger partial charge < -0.3 is 9.47 Å². The predicted molar refractivity (Wildman–Crippen MR) is 96.3 cm³/mol. The molecule has 124 valence electrons. The lowest BCUT2D eigenvalue weighted by atomic mass is 10.1. The van der Waals surface area contributed by atoms with E-state index in [9.17, 15) is 10.2 Å². The van der Waals surface area contributed by atoms with Gasteiger partial charge in [0, 0.05) is 10.8 Å². The van der Waals surface area contributed by atoms with Gasteiger partial charge in [0.05, 0.1) is 0 Å². The van der Waals surface area contributed by atoms with E-state index in [0.717, 1.165) is 21.5 Å². The smallest absolute Gasteiger partial charge is 0.406 e. The van der Waals surface area contributed by atoms with Crippen LogP contribution in [0.5, 0.6) is 11.5 Å². The van der Waals surface area contributed by atoms with Crippen molar-refractivity contribution < 1.29 is 19.7 Å². The number of aliphatic hydroxyl groups is 2. The molecule has 4 rings (SSSR count). The molecular formula is C21H16O4. The molecular weight excluding hydrogens is 316 g/mol. The van der Waals surface area contributed by atoms with Crippen molar-refractivity contribution in [3.05, 3.63) is 84.9 Å². The van der Waals surface area contributed by atoms with Crippen LogP contribution in [0.15, 0.2) is 84.9 Å². The van der Waals surface area contributed by atoms with E-state index in [0.29, 0.717) is 11.5 Å². The number of hydrogen-bond acceptors (Lipinski definition) is 4. The zero-order valence-electron chi connectivity index (χ0n) is 13.3. The number of fused-ring (bicyclic) bond motifs is 2. The fourth-order valence-corrected chi connectivity index (χ4v) is 2.88. The van der Waals surface area contributed by atoms with Crippen LogP contribution in [0.4, 0.5) is 0 Å². The molecule has 4 aromatic carbocycles. The van der Waals surface area contributed by atoms with Crippen molar-refractivity contribution in [3.63, 3.8) is 0 Å². The van der Waals surface area contributed by atoms with E-state index in [2.05, 4.69) is 0 Å². The van der Waals surface area contributed by atoms with Gasteiger partial charge in [-0.15, -0.1) is 0 Å². The Morgan fingerprint density at radius 1 is 0.520 bits per heavy atom. The van der Waals surface area contributed by atoms with Crippen LogP contribution in [0.25, 0.3) is 21.5 Å². The molecule has 0 saturated heterocycles. The summed E-state index contributed by atoms with van der Waals surface area (Å²) in [6.07, 6.45) is -2.80. The van der Waals surface area contributed by atoms with Gasteiger partial charge >= 0.3 is 6.16 Å². The van der Waals surface area contributed by atoms with Crippen LogP contribution >= 0.6 is 0 Å². The Bertz CT molecular complexity index is 946. The molecule has 0 bridgehead atoms. The monoisotopic (exact) mass is 332 g/mol. The fourth-order valence-electron chi connectivity index (χ4n) is 2.88. The minimum absolute atomic E-state index is 0.323. The molecule has 0 heterocycles. The lowest BCUT2D eigenvalue weighted by molar-refractivity contribution is -0.401. The summed E-state index contributed by atoms with van der Waals surface area (Å²) in [6.45, 7) is 0. The van der Waals surface area contributed by atoms with E-state index in [-0.39, 0.29) is 0 Å². The van der Waals surface area contributed by atoms with Crippen molar-refractivity contribution in [2.75, 3.05) is 0 Å². The summed E-state index contributed by atoms with van der Waals surface area (Å²) in [5, 5.41) is 23.9. The largest absolute Gasteiger partial charge is 0.504 e. The van der Waals surface area contributed by atoms with E-state index in [1.165, 1.54) is 0 Å². The maximum Gasteiger partial charge on any atom is 0.504 e. The standard InChI is InChI=1S/C21H16O4/c22-21(23,24-19-13-5-9-15-7-1-3-11-17(15)19)25-20-14-6-10-16-8-2-4-12-18(16)20/h1-14,22-23H. The maximum absolute atomic E-state index is 10.3. The van der Waals surface area contributed by atoms with Crippen LogP contribution in [0.1, 0.15) is 0 Å². The third kappa shape index (κ3) is 3.13. The Morgan fingerprint density at radius 3 is 1.40 bits per heavy atom. The zero-order chi connectivity index (χ0) is 17.3. The first-order valence-electron chi connectivity index (χ1n) is 7.91. The van der Waals surface area contributed by atoms with Gasteiger partial charge in [-0.05, 0) is 22.9 Å². The average Bonchev–Trinajstić information content (AvgIpc) is 2.62. The first-order valence-corrected chi connectivity index (χ1v) is 7.91. The molecule has 4 aromatic rings. The summed E-state index contributed by atoms with van der Waals surface area (Å²) in [7, 11) is 0. The Balaban J connectivity index is 1.67. The molecule has 0 atom stereocenters. The van der Waals surface area contributed by atoms with E-state index in [1.54, 1.807) is 24.3 Å². The van der Waals surface area contributed by atoms with Gasteiger partial charge in [0.25, 0.3) is 0 Å². The van der Waals surface area contributed by atoms with Gasteiger partial charge in [-0.25, -0.2) is 0 Å². The number of benzene rings is 4. The van der Waals surface area contributed by atoms with Crippen molar-refractivity contribution in [1.29, 1.82) is 0 Å². The van der Waals surface area contributed by atoms with Gasteiger partial charge in [-0.3, -0.25) is 10.2 Å². The van der Waals surface area contributed by atoms with Crippen LogP contribution in [0, 0.1) is 0 Å². The van der Waals surface area contributed by atoms with Crippen LogP contribution in [-0.4, -0.2) is 16.4 Å². The Kier molecular flexibility index (Phi) is 3.76. The van der Waals surface area contributed by atoms with Gasteiger partial charge in [-0.1, -0.05) is 72.8 Å². The molecule has 0 aliphatic heterocycles. The zero-order valence-corrected chi connectivity index (χ0v) is 13.3. The van der Waals surface area contributed by atoms with Crippen molar-refractivity contribution in [1.82, 2.24) is 0 Å². The fraction of sp³-hybridized carbons (Fsp3) is 0.0476. The normalized spacial score (nSPS) is 11.6. The lowest BCUT2D eigenvalue weighted by Crippen LogP contribution is -2.42. The first kappa shape index (κ1) is 15.4. The van der Waals surface area contributed by atoms with Gasteiger partial charge in [0.15, 0.2) is 0 Å². The van der Waals surface area contributed by atoms with Crippen molar-refractivity contribution in [2.45, 2.75) is 6.16 Å². The molecule has 0 amide bonds. The molecule has 4 nitrogen and oxygen atoms in total. The topological polar surface area (TPSA) is 58.9 Å². The molecule has 0 aromatic heterocycles. The molecule has 0 unspecified atom stereocenters. The molecule has 2 N–H and O–H groups in total. The summed E-state index contributed by atoms with van der Waals surface area (Å²) >= 11 is 0. The van der Waals surface area contributed by atoms with Crippen LogP contribution in [-0.2, 0) is 0 Å². The SMILES string of the molecule is OC(O)(Oc1cccc2ccccc12)Oc1cccc2ccccc12. The van der Waals surface area contributed by atoms with Gasteiger partial charge in [0.2, 0.25) is 0 Å². The highest BCUT2D eigenvalue weighted by Gasteiger charge is 2.30. The number of hydrogen-bond donors (Lipinski definition) is 2. The van der Waals surface area contributed by atoms with Crippen molar-refractivity contribution >= 4 is 21.5 Å². The summed E-state index contributed by atoms with van der Waals surface area (Å²) in [6, 6.07) is 25.8. The highest BCUT2D eigenvalue weighted by Crippen LogP contribution is 2.31. The minimum Gasteiger partial charge on any atom is -0.406 e. The molecule has 4 heteroatoms. The summed E-state index contributed by atoms with van der Waals surface area (Å²) in [4.78, 5) is 0. The summed E-state index contributed by atoms with van der Waals surface area (Å²) in [5.41, 5.74) is 0. The van der Waals surface area contributed by atoms with Crippen molar-refractivity contribution in [3.8, 4) is 11.5 Å². The third-order valence-corrected chi connectivity index (χ3v) is 3.99. The average molecular weight is 332 g/mol. The molecule has 0 saturated carbocycles.